The van der Waals surface area contributed by atoms with E-state index in [-0.39, 0.29) is 12.8 Å². The molecular weight excluding hydrogens is 939 g/mol. The Kier molecular flexibility index (Phi) is 48.2. The van der Waals surface area contributed by atoms with Gasteiger partial charge < -0.3 is 34.6 Å². The largest absolute Gasteiger partial charge is 0.472 e. The zero-order valence-electron chi connectivity index (χ0n) is 43.7. The van der Waals surface area contributed by atoms with E-state index in [0.29, 0.717) is 12.8 Å². The van der Waals surface area contributed by atoms with E-state index in [2.05, 4.69) is 59.4 Å². The summed E-state index contributed by atoms with van der Waals surface area (Å²) in [7, 11) is -9.58. The third-order valence-corrected chi connectivity index (χ3v) is 13.5. The standard InChI is InChI=1S/C53H100O15P2/c1-3-5-7-9-11-13-15-17-19-21-22-23-24-26-28-30-32-34-36-38-40-42-53(58)64-44-50(55)46-66-70(61,62)68-48-51(56)47-67-69(59,60)65-45-49(54)43-63-52(57)41-39-37-35-33-31-29-27-25-20-18-16-14-12-10-8-6-4-2/h12,14,18,20,27,29,49-51,54-56H,3-11,13,15-17,19,21-26,28,30-48H2,1-2H3,(H,59,60)(H,61,62)/b14-12-,20-18-,29-27-. The first-order valence-corrected chi connectivity index (χ1v) is 30.3. The monoisotopic (exact) mass is 1040 g/mol. The van der Waals surface area contributed by atoms with Crippen LogP contribution in [0.2, 0.25) is 0 Å². The maximum absolute atomic E-state index is 12.2. The Morgan fingerprint density at radius 3 is 0.943 bits per heavy atom. The Labute approximate surface area is 424 Å². The molecule has 15 nitrogen and oxygen atoms in total. The number of aliphatic hydroxyl groups is 3. The van der Waals surface area contributed by atoms with Crippen LogP contribution in [-0.2, 0) is 46.3 Å². The first-order chi connectivity index (χ1) is 33.8. The van der Waals surface area contributed by atoms with E-state index < -0.39 is 85.5 Å². The quantitative estimate of drug-likeness (QED) is 0.0165. The smallest absolute Gasteiger partial charge is 0.463 e. The van der Waals surface area contributed by atoms with Crippen molar-refractivity contribution in [1.82, 2.24) is 0 Å². The van der Waals surface area contributed by atoms with Crippen LogP contribution in [0.5, 0.6) is 0 Å². The molecule has 5 unspecified atom stereocenters. The second-order valence-electron chi connectivity index (χ2n) is 18.6. The molecular formula is C53H100O15P2. The summed E-state index contributed by atoms with van der Waals surface area (Å²) in [6.07, 6.45) is 47.0. The van der Waals surface area contributed by atoms with E-state index in [4.69, 9.17) is 18.5 Å². The molecule has 0 spiro atoms. The number of unbranched alkanes of at least 4 members (excludes halogenated alkanes) is 27. The number of carbonyl (C=O) groups excluding carboxylic acids is 2. The molecule has 0 saturated carbocycles. The molecule has 0 bridgehead atoms. The average molecular weight is 1040 g/mol. The maximum atomic E-state index is 12.2. The van der Waals surface area contributed by atoms with Crippen LogP contribution in [0, 0.1) is 0 Å². The van der Waals surface area contributed by atoms with Crippen LogP contribution in [-0.4, -0.2) is 95.0 Å². The van der Waals surface area contributed by atoms with Crippen molar-refractivity contribution in [2.45, 2.75) is 250 Å². The van der Waals surface area contributed by atoms with Gasteiger partial charge in [0.25, 0.3) is 0 Å². The van der Waals surface area contributed by atoms with E-state index in [1.165, 1.54) is 128 Å². The summed E-state index contributed by atoms with van der Waals surface area (Å²) in [4.78, 5) is 43.9. The van der Waals surface area contributed by atoms with Crippen molar-refractivity contribution in [3.8, 4) is 0 Å². The van der Waals surface area contributed by atoms with Gasteiger partial charge in [0.1, 0.15) is 31.5 Å². The molecule has 0 aliphatic carbocycles. The summed E-state index contributed by atoms with van der Waals surface area (Å²) in [6.45, 7) is 0.412. The molecule has 0 amide bonds. The number of rotatable bonds is 53. The van der Waals surface area contributed by atoms with Gasteiger partial charge in [0.15, 0.2) is 0 Å². The van der Waals surface area contributed by atoms with Gasteiger partial charge in [-0.05, 0) is 51.4 Å². The predicted molar refractivity (Wildman–Crippen MR) is 279 cm³/mol. The lowest BCUT2D eigenvalue weighted by atomic mass is 10.0. The summed E-state index contributed by atoms with van der Waals surface area (Å²) < 4.78 is 53.1. The first-order valence-electron chi connectivity index (χ1n) is 27.3. The van der Waals surface area contributed by atoms with Crippen LogP contribution in [0.3, 0.4) is 0 Å². The molecule has 17 heteroatoms. The SMILES string of the molecule is CCCCC/C=C\C/C=C\C/C=C\CCCCCCC(=O)OCC(O)COP(=O)(O)OCC(O)COP(=O)(O)OCC(O)COC(=O)CCCCCCCCCCCCCCCCCCCCCCC. The van der Waals surface area contributed by atoms with Crippen molar-refractivity contribution in [2.75, 3.05) is 39.6 Å². The highest BCUT2D eigenvalue weighted by Gasteiger charge is 2.28. The molecule has 0 aliphatic rings. The van der Waals surface area contributed by atoms with Crippen molar-refractivity contribution in [3.63, 3.8) is 0 Å². The highest BCUT2D eigenvalue weighted by Crippen LogP contribution is 2.45. The summed E-state index contributed by atoms with van der Waals surface area (Å²) >= 11 is 0. The van der Waals surface area contributed by atoms with E-state index in [9.17, 15) is 43.8 Å². The predicted octanol–water partition coefficient (Wildman–Crippen LogP) is 13.4. The van der Waals surface area contributed by atoms with Crippen molar-refractivity contribution < 1.29 is 71.4 Å². The molecule has 5 atom stereocenters. The van der Waals surface area contributed by atoms with E-state index in [1.807, 2.05) is 0 Å². The summed E-state index contributed by atoms with van der Waals surface area (Å²) in [5.41, 5.74) is 0. The third kappa shape index (κ3) is 51.2. The Morgan fingerprint density at radius 2 is 0.614 bits per heavy atom. The van der Waals surface area contributed by atoms with Crippen molar-refractivity contribution in [3.05, 3.63) is 36.5 Å². The third-order valence-electron chi connectivity index (χ3n) is 11.6. The minimum absolute atomic E-state index is 0.171. The van der Waals surface area contributed by atoms with E-state index in [1.54, 1.807) is 0 Å². The summed E-state index contributed by atoms with van der Waals surface area (Å²) in [6, 6.07) is 0. The summed E-state index contributed by atoms with van der Waals surface area (Å²) in [5, 5.41) is 30.1. The summed E-state index contributed by atoms with van der Waals surface area (Å²) in [5.74, 6) is -1.01. The van der Waals surface area contributed by atoms with Gasteiger partial charge in [0.2, 0.25) is 0 Å². The Balaban J connectivity index is 3.83. The van der Waals surface area contributed by atoms with Gasteiger partial charge >= 0.3 is 27.6 Å². The molecule has 0 aliphatic heterocycles. The number of hydrogen-bond donors (Lipinski definition) is 5. The molecule has 0 aromatic carbocycles. The Bertz CT molecular complexity index is 1390. The molecule has 0 heterocycles. The van der Waals surface area contributed by atoms with Gasteiger partial charge in [-0.2, -0.15) is 0 Å². The highest BCUT2D eigenvalue weighted by atomic mass is 31.2. The van der Waals surface area contributed by atoms with Crippen LogP contribution < -0.4 is 0 Å². The molecule has 412 valence electrons. The fraction of sp³-hybridized carbons (Fsp3) is 0.849. The van der Waals surface area contributed by atoms with Crippen molar-refractivity contribution in [1.29, 1.82) is 0 Å². The van der Waals surface area contributed by atoms with E-state index in [0.717, 1.165) is 64.2 Å². The lowest BCUT2D eigenvalue weighted by Crippen LogP contribution is -2.25. The number of ether oxygens (including phenoxy) is 2. The zero-order valence-corrected chi connectivity index (χ0v) is 45.5. The lowest BCUT2D eigenvalue weighted by Gasteiger charge is -2.19. The van der Waals surface area contributed by atoms with Gasteiger partial charge in [-0.1, -0.05) is 204 Å². The Hall–Kier alpha value is -1.74. The lowest BCUT2D eigenvalue weighted by molar-refractivity contribution is -0.148. The minimum atomic E-state index is -4.79. The fourth-order valence-electron chi connectivity index (χ4n) is 7.34. The van der Waals surface area contributed by atoms with Crippen molar-refractivity contribution >= 4 is 27.6 Å². The van der Waals surface area contributed by atoms with Gasteiger partial charge in [-0.3, -0.25) is 27.7 Å². The van der Waals surface area contributed by atoms with E-state index >= 15 is 0 Å². The van der Waals surface area contributed by atoms with Gasteiger partial charge in [0.05, 0.1) is 26.4 Å². The zero-order chi connectivity index (χ0) is 51.7. The van der Waals surface area contributed by atoms with Crippen LogP contribution in [0.15, 0.2) is 36.5 Å². The van der Waals surface area contributed by atoms with Gasteiger partial charge in [0, 0.05) is 12.8 Å². The number of esters is 2. The van der Waals surface area contributed by atoms with Crippen LogP contribution >= 0.6 is 15.6 Å². The van der Waals surface area contributed by atoms with Crippen LogP contribution in [0.25, 0.3) is 0 Å². The molecule has 0 rings (SSSR count). The van der Waals surface area contributed by atoms with Crippen LogP contribution in [0.4, 0.5) is 0 Å². The molecule has 0 radical (unpaired) electrons. The number of aliphatic hydroxyl groups excluding tert-OH is 3. The van der Waals surface area contributed by atoms with Gasteiger partial charge in [-0.15, -0.1) is 0 Å². The Morgan fingerprint density at radius 1 is 0.371 bits per heavy atom. The highest BCUT2D eigenvalue weighted by molar-refractivity contribution is 7.47. The number of phosphoric acid groups is 2. The molecule has 5 N–H and O–H groups in total. The minimum Gasteiger partial charge on any atom is -0.463 e. The van der Waals surface area contributed by atoms with Crippen molar-refractivity contribution in [2.24, 2.45) is 0 Å². The molecule has 0 aromatic rings. The number of hydrogen-bond acceptors (Lipinski definition) is 13. The number of carbonyl (C=O) groups is 2. The molecule has 0 aromatic heterocycles. The second kappa shape index (κ2) is 49.5. The first kappa shape index (κ1) is 68.3. The molecule has 0 saturated heterocycles. The normalized spacial score (nSPS) is 15.1. The number of phosphoric ester groups is 2. The average Bonchev–Trinajstić information content (AvgIpc) is 3.34. The topological polar surface area (TPSA) is 225 Å². The van der Waals surface area contributed by atoms with Gasteiger partial charge in [-0.25, -0.2) is 9.13 Å². The molecule has 70 heavy (non-hydrogen) atoms. The van der Waals surface area contributed by atoms with Crippen LogP contribution in [0.1, 0.15) is 232 Å². The second-order valence-corrected chi connectivity index (χ2v) is 21.5. The fourth-order valence-corrected chi connectivity index (χ4v) is 8.93. The molecule has 0 fully saturated rings. The number of allylic oxidation sites excluding steroid dienone is 6. The maximum Gasteiger partial charge on any atom is 0.472 e.